The standard InChI is InChI=1S/C22H12Cl2F3N3O2/c23-15-8-6-13(10-16(15)24)18-20(29-22(27)32-21(25)26)28-17-9-7-14(11-30(17)18)19(31)12-4-2-1-3-5-12/h1-11,21H. The number of hydrogen-bond acceptors (Lipinski definition) is 4. The van der Waals surface area contributed by atoms with Crippen molar-refractivity contribution in [3.63, 3.8) is 0 Å². The Morgan fingerprint density at radius 1 is 1.00 bits per heavy atom. The van der Waals surface area contributed by atoms with E-state index in [1.807, 2.05) is 0 Å². The highest BCUT2D eigenvalue weighted by atomic mass is 35.5. The van der Waals surface area contributed by atoms with Gasteiger partial charge >= 0.3 is 12.8 Å². The Morgan fingerprint density at radius 3 is 2.44 bits per heavy atom. The molecule has 0 aliphatic carbocycles. The fraction of sp³-hybridized carbons (Fsp3) is 0.0455. The van der Waals surface area contributed by atoms with Crippen molar-refractivity contribution in [2.24, 2.45) is 4.99 Å². The average molecular weight is 478 g/mol. The number of aliphatic imine (C=N–C) groups is 1. The van der Waals surface area contributed by atoms with Crippen LogP contribution in [-0.4, -0.2) is 27.9 Å². The van der Waals surface area contributed by atoms with Gasteiger partial charge < -0.3 is 4.74 Å². The maximum atomic E-state index is 13.8. The second kappa shape index (κ2) is 9.02. The number of aromatic nitrogens is 2. The number of ketones is 1. The molecule has 0 N–H and O–H groups in total. The molecule has 0 bridgehead atoms. The molecule has 0 amide bonds. The molecular weight excluding hydrogens is 466 g/mol. The highest BCUT2D eigenvalue weighted by Gasteiger charge is 2.19. The normalized spacial score (nSPS) is 11.9. The summed E-state index contributed by atoms with van der Waals surface area (Å²) >= 11 is 12.1. The first-order valence-corrected chi connectivity index (χ1v) is 9.85. The molecule has 0 atom stereocenters. The Kier molecular flexibility index (Phi) is 6.16. The van der Waals surface area contributed by atoms with Gasteiger partial charge in [-0.15, -0.1) is 4.39 Å². The fourth-order valence-corrected chi connectivity index (χ4v) is 3.39. The highest BCUT2D eigenvalue weighted by Crippen LogP contribution is 2.35. The van der Waals surface area contributed by atoms with Gasteiger partial charge in [-0.1, -0.05) is 59.6 Å². The SMILES string of the molecule is O=C(c1ccccc1)c1ccc2nc(N=C(F)OC(F)F)c(-c3ccc(Cl)c(Cl)c3)n2c1. The highest BCUT2D eigenvalue weighted by molar-refractivity contribution is 6.42. The van der Waals surface area contributed by atoms with Crippen LogP contribution in [-0.2, 0) is 4.74 Å². The average Bonchev–Trinajstić information content (AvgIpc) is 3.12. The molecule has 0 spiro atoms. The second-order valence-corrected chi connectivity index (χ2v) is 7.31. The summed E-state index contributed by atoms with van der Waals surface area (Å²) in [6, 6.07) is 16.3. The van der Waals surface area contributed by atoms with Crippen LogP contribution in [0.5, 0.6) is 0 Å². The molecule has 2 aromatic heterocycles. The zero-order chi connectivity index (χ0) is 22.8. The van der Waals surface area contributed by atoms with Crippen molar-refractivity contribution in [2.45, 2.75) is 6.61 Å². The number of carbonyl (C=O) groups excluding carboxylic acids is 1. The monoisotopic (exact) mass is 477 g/mol. The first-order chi connectivity index (χ1) is 15.3. The number of pyridine rings is 1. The molecule has 162 valence electrons. The smallest absolute Gasteiger partial charge is 0.390 e. The van der Waals surface area contributed by atoms with Crippen molar-refractivity contribution >= 4 is 46.6 Å². The van der Waals surface area contributed by atoms with Crippen molar-refractivity contribution in [2.75, 3.05) is 0 Å². The van der Waals surface area contributed by atoms with E-state index in [1.165, 1.54) is 28.8 Å². The van der Waals surface area contributed by atoms with Crippen LogP contribution in [0.3, 0.4) is 0 Å². The predicted octanol–water partition coefficient (Wildman–Crippen LogP) is 6.74. The molecule has 0 unspecified atom stereocenters. The topological polar surface area (TPSA) is 56.0 Å². The molecule has 0 fully saturated rings. The molecule has 4 aromatic rings. The minimum atomic E-state index is -3.39. The largest absolute Gasteiger partial charge is 0.393 e. The number of ether oxygens (including phenoxy) is 1. The van der Waals surface area contributed by atoms with E-state index >= 15 is 0 Å². The van der Waals surface area contributed by atoms with Crippen molar-refractivity contribution in [3.05, 3.63) is 88.0 Å². The van der Waals surface area contributed by atoms with Gasteiger partial charge in [0.05, 0.1) is 15.7 Å². The molecule has 0 aliphatic rings. The van der Waals surface area contributed by atoms with Gasteiger partial charge in [0.15, 0.2) is 11.6 Å². The zero-order valence-electron chi connectivity index (χ0n) is 16.0. The number of fused-ring (bicyclic) bond motifs is 1. The minimum Gasteiger partial charge on any atom is -0.393 e. The van der Waals surface area contributed by atoms with Crippen LogP contribution in [0, 0.1) is 0 Å². The molecule has 0 radical (unpaired) electrons. The lowest BCUT2D eigenvalue weighted by Gasteiger charge is -2.07. The van der Waals surface area contributed by atoms with Gasteiger partial charge in [-0.25, -0.2) is 4.98 Å². The molecular formula is C22H12Cl2F3N3O2. The van der Waals surface area contributed by atoms with Crippen LogP contribution < -0.4 is 0 Å². The Balaban J connectivity index is 1.91. The number of imidazole rings is 1. The number of benzene rings is 2. The first kappa shape index (κ1) is 21.9. The third-order valence-corrected chi connectivity index (χ3v) is 5.21. The number of alkyl halides is 2. The van der Waals surface area contributed by atoms with Crippen LogP contribution in [0.2, 0.25) is 10.0 Å². The van der Waals surface area contributed by atoms with Crippen molar-refractivity contribution in [1.82, 2.24) is 9.38 Å². The van der Waals surface area contributed by atoms with Gasteiger partial charge in [-0.2, -0.15) is 13.8 Å². The maximum absolute atomic E-state index is 13.8. The van der Waals surface area contributed by atoms with Crippen molar-refractivity contribution < 1.29 is 22.7 Å². The summed E-state index contributed by atoms with van der Waals surface area (Å²) in [4.78, 5) is 20.5. The molecule has 2 aromatic carbocycles. The fourth-order valence-electron chi connectivity index (χ4n) is 3.10. The first-order valence-electron chi connectivity index (χ1n) is 9.10. The predicted molar refractivity (Wildman–Crippen MR) is 116 cm³/mol. The molecule has 10 heteroatoms. The van der Waals surface area contributed by atoms with Crippen LogP contribution in [0.15, 0.2) is 71.9 Å². The van der Waals surface area contributed by atoms with E-state index in [0.717, 1.165) is 0 Å². The Bertz CT molecular complexity index is 1340. The molecule has 0 aliphatic heterocycles. The van der Waals surface area contributed by atoms with Gasteiger partial charge in [0.25, 0.3) is 0 Å². The molecule has 2 heterocycles. The number of rotatable bonds is 5. The van der Waals surface area contributed by atoms with Gasteiger partial charge in [0, 0.05) is 22.9 Å². The van der Waals surface area contributed by atoms with E-state index in [-0.39, 0.29) is 27.3 Å². The van der Waals surface area contributed by atoms with E-state index < -0.39 is 12.8 Å². The summed E-state index contributed by atoms with van der Waals surface area (Å²) in [5.74, 6) is -0.496. The summed E-state index contributed by atoms with van der Waals surface area (Å²) in [7, 11) is 0. The molecule has 0 saturated carbocycles. The third-order valence-electron chi connectivity index (χ3n) is 4.47. The number of carbonyl (C=O) groups is 1. The van der Waals surface area contributed by atoms with E-state index in [4.69, 9.17) is 23.2 Å². The summed E-state index contributed by atoms with van der Waals surface area (Å²) in [6.45, 7) is -3.39. The van der Waals surface area contributed by atoms with Gasteiger partial charge in [-0.3, -0.25) is 9.20 Å². The Labute approximate surface area is 189 Å². The number of nitrogens with zero attached hydrogens (tertiary/aromatic N) is 3. The van der Waals surface area contributed by atoms with Crippen molar-refractivity contribution in [3.8, 4) is 11.3 Å². The van der Waals surface area contributed by atoms with Crippen molar-refractivity contribution in [1.29, 1.82) is 0 Å². The van der Waals surface area contributed by atoms with Crippen LogP contribution >= 0.6 is 23.2 Å². The summed E-state index contributed by atoms with van der Waals surface area (Å²) in [5.41, 5.74) is 1.70. The lowest BCUT2D eigenvalue weighted by atomic mass is 10.1. The Hall–Kier alpha value is -3.36. The molecule has 0 saturated heterocycles. The third kappa shape index (κ3) is 4.46. The Morgan fingerprint density at radius 2 is 1.75 bits per heavy atom. The van der Waals surface area contributed by atoms with Crippen LogP contribution in [0.1, 0.15) is 15.9 Å². The van der Waals surface area contributed by atoms with Gasteiger partial charge in [0.2, 0.25) is 0 Å². The number of halogens is 5. The maximum Gasteiger partial charge on any atom is 0.390 e. The van der Waals surface area contributed by atoms with E-state index in [9.17, 15) is 18.0 Å². The van der Waals surface area contributed by atoms with E-state index in [0.29, 0.717) is 22.3 Å². The van der Waals surface area contributed by atoms with E-state index in [1.54, 1.807) is 42.5 Å². The van der Waals surface area contributed by atoms with Crippen LogP contribution in [0.25, 0.3) is 16.9 Å². The summed E-state index contributed by atoms with van der Waals surface area (Å²) < 4.78 is 43.8. The van der Waals surface area contributed by atoms with Crippen LogP contribution in [0.4, 0.5) is 19.0 Å². The number of hydrogen-bond donors (Lipinski definition) is 0. The van der Waals surface area contributed by atoms with Gasteiger partial charge in [-0.05, 0) is 24.3 Å². The molecule has 32 heavy (non-hydrogen) atoms. The second-order valence-electron chi connectivity index (χ2n) is 6.50. The quantitative estimate of drug-likeness (QED) is 0.182. The molecule has 4 rings (SSSR count). The summed E-state index contributed by atoms with van der Waals surface area (Å²) in [5, 5.41) is 0.483. The van der Waals surface area contributed by atoms with E-state index in [2.05, 4.69) is 14.7 Å². The van der Waals surface area contributed by atoms with Gasteiger partial charge in [0.1, 0.15) is 5.65 Å². The molecule has 5 nitrogen and oxygen atoms in total. The lowest BCUT2D eigenvalue weighted by molar-refractivity contribution is -0.0688. The summed E-state index contributed by atoms with van der Waals surface area (Å²) in [6.07, 6.45) is -0.259. The zero-order valence-corrected chi connectivity index (χ0v) is 17.5. The lowest BCUT2D eigenvalue weighted by Crippen LogP contribution is -2.04. The minimum absolute atomic E-state index is 0.203.